The van der Waals surface area contributed by atoms with Gasteiger partial charge in [0.25, 0.3) is 10.2 Å². The average molecular weight is 522 g/mol. The van der Waals surface area contributed by atoms with Crippen molar-refractivity contribution >= 4 is 39.0 Å². The predicted molar refractivity (Wildman–Crippen MR) is 129 cm³/mol. The van der Waals surface area contributed by atoms with Gasteiger partial charge in [-0.05, 0) is 29.3 Å². The van der Waals surface area contributed by atoms with Crippen LogP contribution in [-0.4, -0.2) is 46.6 Å². The van der Waals surface area contributed by atoms with Crippen LogP contribution >= 0.6 is 0 Å². The molecule has 0 spiro atoms. The molecule has 12 nitrogen and oxygen atoms in total. The smallest absolute Gasteiger partial charge is 0.414 e. The van der Waals surface area contributed by atoms with Crippen LogP contribution in [0.15, 0.2) is 45.6 Å². The Balaban J connectivity index is 2.10. The number of hydrogen-bond acceptors (Lipinski definition) is 7. The number of nitrogens with zero attached hydrogens (tertiary/aromatic N) is 1. The van der Waals surface area contributed by atoms with Gasteiger partial charge < -0.3 is 25.1 Å². The van der Waals surface area contributed by atoms with Crippen molar-refractivity contribution in [3.63, 3.8) is 0 Å². The van der Waals surface area contributed by atoms with Gasteiger partial charge in [-0.15, -0.1) is 0 Å². The number of urea groups is 1. The Morgan fingerprint density at radius 2 is 1.89 bits per heavy atom. The monoisotopic (exact) mass is 521 g/mol. The maximum Gasteiger partial charge on any atom is 0.414 e. The van der Waals surface area contributed by atoms with Crippen molar-refractivity contribution in [3.05, 3.63) is 69.3 Å². The van der Waals surface area contributed by atoms with Crippen LogP contribution in [0.1, 0.15) is 16.7 Å². The number of ether oxygens (including phenoxy) is 1. The highest BCUT2D eigenvalue weighted by Crippen LogP contribution is 2.28. The quantitative estimate of drug-likeness (QED) is 0.326. The van der Waals surface area contributed by atoms with E-state index in [0.29, 0.717) is 10.9 Å². The number of primary amides is 1. The molecule has 0 atom stereocenters. The van der Waals surface area contributed by atoms with E-state index < -0.39 is 33.8 Å². The summed E-state index contributed by atoms with van der Waals surface area (Å²) in [7, 11) is 0.178. The lowest BCUT2D eigenvalue weighted by atomic mass is 9.97. The van der Waals surface area contributed by atoms with E-state index in [1.54, 1.807) is 0 Å². The van der Waals surface area contributed by atoms with E-state index in [4.69, 9.17) is 14.9 Å². The van der Waals surface area contributed by atoms with Gasteiger partial charge in [-0.1, -0.05) is 12.1 Å². The Hall–Kier alpha value is -4.17. The fraction of sp³-hybridized carbons (Fsp3) is 0.227. The first-order valence-electron chi connectivity index (χ1n) is 10.4. The molecule has 3 aromatic rings. The van der Waals surface area contributed by atoms with E-state index in [2.05, 4.69) is 10.0 Å². The molecule has 0 unspecified atom stereocenters. The predicted octanol–water partition coefficient (Wildman–Crippen LogP) is 1.63. The van der Waals surface area contributed by atoms with Crippen molar-refractivity contribution in [1.82, 2.24) is 14.9 Å². The Morgan fingerprint density at radius 1 is 1.17 bits per heavy atom. The third-order valence-corrected chi connectivity index (χ3v) is 6.09. The molecule has 5 N–H and O–H groups in total. The topological polar surface area (TPSA) is 173 Å². The second-order valence-electron chi connectivity index (χ2n) is 7.75. The lowest BCUT2D eigenvalue weighted by Crippen LogP contribution is -2.30. The maximum absolute atomic E-state index is 15.1. The van der Waals surface area contributed by atoms with Crippen LogP contribution in [0.3, 0.4) is 0 Å². The Labute approximate surface area is 205 Å². The zero-order chi connectivity index (χ0) is 26.6. The molecule has 0 aliphatic rings. The Bertz CT molecular complexity index is 1490. The van der Waals surface area contributed by atoms with Gasteiger partial charge in [0, 0.05) is 51.1 Å². The van der Waals surface area contributed by atoms with Gasteiger partial charge in [-0.25, -0.2) is 23.5 Å². The summed E-state index contributed by atoms with van der Waals surface area (Å²) in [6, 6.07) is 7.49. The molecular weight excluding hydrogens is 497 g/mol. The van der Waals surface area contributed by atoms with Crippen LogP contribution in [0.2, 0.25) is 0 Å². The number of hydrogen-bond donors (Lipinski definition) is 4. The minimum Gasteiger partial charge on any atom is -0.422 e. The number of halogens is 1. The molecule has 0 bridgehead atoms. The molecule has 3 rings (SSSR count). The van der Waals surface area contributed by atoms with Gasteiger partial charge in [0.15, 0.2) is 5.82 Å². The standard InChI is InChI=1S/C22H24FN5O7S/c1-25-36(32,33)27-17-6-4-5-12(19(17)23)9-15-16(11-26-21(24)30)14-8-7-13(34-22(31)28(2)3)10-18(14)35-20(15)29/h4-8,10,25,27H,9,11H2,1-3H3,(H3,24,26,30). The zero-order valence-corrected chi connectivity index (χ0v) is 20.4. The van der Waals surface area contributed by atoms with Crippen molar-refractivity contribution < 1.29 is 31.6 Å². The highest BCUT2D eigenvalue weighted by Gasteiger charge is 2.20. The molecular formula is C22H24FN5O7S. The first kappa shape index (κ1) is 26.4. The molecule has 192 valence electrons. The zero-order valence-electron chi connectivity index (χ0n) is 19.5. The van der Waals surface area contributed by atoms with Crippen molar-refractivity contribution in [2.45, 2.75) is 13.0 Å². The van der Waals surface area contributed by atoms with Crippen molar-refractivity contribution in [3.8, 4) is 5.75 Å². The van der Waals surface area contributed by atoms with Gasteiger partial charge >= 0.3 is 17.7 Å². The summed E-state index contributed by atoms with van der Waals surface area (Å²) in [5.41, 5.74) is 4.42. The number of nitrogens with two attached hydrogens (primary N) is 1. The number of anilines is 1. The van der Waals surface area contributed by atoms with Crippen LogP contribution in [0.5, 0.6) is 5.75 Å². The molecule has 3 amide bonds. The fourth-order valence-corrected chi connectivity index (χ4v) is 3.83. The maximum atomic E-state index is 15.1. The molecule has 0 saturated heterocycles. The van der Waals surface area contributed by atoms with Crippen molar-refractivity contribution in [2.75, 3.05) is 25.9 Å². The molecule has 0 aliphatic heterocycles. The first-order chi connectivity index (χ1) is 16.9. The number of amides is 3. The third kappa shape index (κ3) is 6.09. The highest BCUT2D eigenvalue weighted by atomic mass is 32.2. The van der Waals surface area contributed by atoms with E-state index in [-0.39, 0.29) is 41.1 Å². The SMILES string of the molecule is CNS(=O)(=O)Nc1cccc(Cc2c(CNC(N)=O)c3ccc(OC(=O)N(C)C)cc3oc2=O)c1F. The summed E-state index contributed by atoms with van der Waals surface area (Å²) in [6.07, 6.45) is -0.931. The van der Waals surface area contributed by atoms with Crippen molar-refractivity contribution in [2.24, 2.45) is 5.73 Å². The van der Waals surface area contributed by atoms with Gasteiger partial charge in [0.1, 0.15) is 11.3 Å². The number of benzene rings is 2. The molecule has 1 aromatic heterocycles. The summed E-state index contributed by atoms with van der Waals surface area (Å²) < 4.78 is 53.4. The van der Waals surface area contributed by atoms with E-state index >= 15 is 4.39 Å². The molecule has 0 saturated carbocycles. The van der Waals surface area contributed by atoms with E-state index in [0.717, 1.165) is 7.05 Å². The van der Waals surface area contributed by atoms with Gasteiger partial charge in [0.2, 0.25) is 0 Å². The number of fused-ring (bicyclic) bond motifs is 1. The summed E-state index contributed by atoms with van der Waals surface area (Å²) in [5, 5.41) is 2.79. The van der Waals surface area contributed by atoms with E-state index in [9.17, 15) is 22.8 Å². The third-order valence-electron chi connectivity index (χ3n) is 5.06. The first-order valence-corrected chi connectivity index (χ1v) is 11.9. The minimum absolute atomic E-state index is 0.00480. The van der Waals surface area contributed by atoms with Crippen molar-refractivity contribution in [1.29, 1.82) is 0 Å². The lowest BCUT2D eigenvalue weighted by Gasteiger charge is -2.15. The van der Waals surface area contributed by atoms with E-state index in [1.165, 1.54) is 55.4 Å². The second kappa shape index (κ2) is 10.6. The lowest BCUT2D eigenvalue weighted by molar-refractivity contribution is 0.172. The average Bonchev–Trinajstić information content (AvgIpc) is 2.80. The highest BCUT2D eigenvalue weighted by molar-refractivity contribution is 7.90. The van der Waals surface area contributed by atoms with Crippen LogP contribution in [0, 0.1) is 5.82 Å². The largest absolute Gasteiger partial charge is 0.422 e. The Morgan fingerprint density at radius 3 is 2.53 bits per heavy atom. The number of carbonyl (C=O) groups is 2. The Kier molecular flexibility index (Phi) is 7.80. The second-order valence-corrected chi connectivity index (χ2v) is 9.37. The summed E-state index contributed by atoms with van der Waals surface area (Å²) >= 11 is 0. The van der Waals surface area contributed by atoms with Gasteiger partial charge in [-0.2, -0.15) is 8.42 Å². The molecule has 2 aromatic carbocycles. The molecule has 14 heteroatoms. The molecule has 0 fully saturated rings. The number of nitrogens with one attached hydrogen (secondary N) is 3. The molecule has 36 heavy (non-hydrogen) atoms. The normalized spacial score (nSPS) is 11.2. The van der Waals surface area contributed by atoms with Crippen LogP contribution in [0.25, 0.3) is 11.0 Å². The van der Waals surface area contributed by atoms with Gasteiger partial charge in [0.05, 0.1) is 5.69 Å². The number of rotatable bonds is 8. The molecule has 1 heterocycles. The van der Waals surface area contributed by atoms with Crippen LogP contribution in [0.4, 0.5) is 19.7 Å². The number of carbonyl (C=O) groups excluding carboxylic acids is 2. The molecule has 0 aliphatic carbocycles. The minimum atomic E-state index is -3.99. The van der Waals surface area contributed by atoms with E-state index in [1.807, 2.05) is 4.72 Å². The summed E-state index contributed by atoms with van der Waals surface area (Å²) in [4.78, 5) is 37.4. The fourth-order valence-electron chi connectivity index (χ4n) is 3.28. The summed E-state index contributed by atoms with van der Waals surface area (Å²) in [6.45, 7) is -0.183. The molecule has 0 radical (unpaired) electrons. The van der Waals surface area contributed by atoms with Crippen LogP contribution < -0.4 is 30.9 Å². The summed E-state index contributed by atoms with van der Waals surface area (Å²) in [5.74, 6) is -0.781. The van der Waals surface area contributed by atoms with Crippen LogP contribution in [-0.2, 0) is 23.2 Å². The van der Waals surface area contributed by atoms with Gasteiger partial charge in [-0.3, -0.25) is 4.72 Å².